The molecule has 3 rings (SSSR count). The van der Waals surface area contributed by atoms with E-state index in [0.29, 0.717) is 6.04 Å². The summed E-state index contributed by atoms with van der Waals surface area (Å²) in [4.78, 5) is 7.05. The summed E-state index contributed by atoms with van der Waals surface area (Å²) in [5.41, 5.74) is 5.03. The first kappa shape index (κ1) is 21.4. The minimum Gasteiger partial charge on any atom is -0.354 e. The van der Waals surface area contributed by atoms with Crippen molar-refractivity contribution in [2.75, 3.05) is 26.7 Å². The number of nitrogens with zero attached hydrogens (tertiary/aromatic N) is 4. The quantitative estimate of drug-likeness (QED) is 0.558. The molecule has 29 heavy (non-hydrogen) atoms. The Balaban J connectivity index is 1.61. The van der Waals surface area contributed by atoms with E-state index in [0.717, 1.165) is 24.6 Å². The average molecular weight is 397 g/mol. The molecule has 2 atom stereocenters. The van der Waals surface area contributed by atoms with Crippen LogP contribution in [0.4, 0.5) is 0 Å². The number of aliphatic imine (C=N–C) groups is 1. The fourth-order valence-corrected chi connectivity index (χ4v) is 4.28. The lowest BCUT2D eigenvalue weighted by Crippen LogP contribution is -2.46. The van der Waals surface area contributed by atoms with E-state index in [9.17, 15) is 0 Å². The molecule has 1 aromatic carbocycles. The van der Waals surface area contributed by atoms with Gasteiger partial charge in [0.1, 0.15) is 0 Å². The van der Waals surface area contributed by atoms with Gasteiger partial charge in [-0.1, -0.05) is 30.3 Å². The zero-order valence-corrected chi connectivity index (χ0v) is 18.6. The van der Waals surface area contributed by atoms with E-state index in [2.05, 4.69) is 76.7 Å². The zero-order valence-electron chi connectivity index (χ0n) is 18.6. The molecule has 158 valence electrons. The van der Waals surface area contributed by atoms with Gasteiger partial charge in [-0.25, -0.2) is 0 Å². The molecule has 6 heteroatoms. The maximum atomic E-state index is 4.54. The van der Waals surface area contributed by atoms with Crippen molar-refractivity contribution in [1.82, 2.24) is 25.3 Å². The van der Waals surface area contributed by atoms with Crippen LogP contribution in [0.1, 0.15) is 48.3 Å². The van der Waals surface area contributed by atoms with Crippen molar-refractivity contribution < 1.29 is 0 Å². The van der Waals surface area contributed by atoms with Gasteiger partial charge in [-0.3, -0.25) is 14.6 Å². The van der Waals surface area contributed by atoms with Crippen LogP contribution in [0.25, 0.3) is 0 Å². The zero-order chi connectivity index (χ0) is 20.8. The monoisotopic (exact) mass is 396 g/mol. The maximum absolute atomic E-state index is 4.54. The Morgan fingerprint density at radius 1 is 1.17 bits per heavy atom. The smallest absolute Gasteiger partial charge is 0.191 e. The molecule has 0 saturated carbocycles. The normalized spacial score (nSPS) is 17.3. The summed E-state index contributed by atoms with van der Waals surface area (Å²) in [6.07, 6.45) is 3.51. The summed E-state index contributed by atoms with van der Waals surface area (Å²) in [7, 11) is 3.85. The van der Waals surface area contributed by atoms with Gasteiger partial charge >= 0.3 is 0 Å². The van der Waals surface area contributed by atoms with Gasteiger partial charge in [-0.15, -0.1) is 0 Å². The first-order chi connectivity index (χ1) is 14.0. The van der Waals surface area contributed by atoms with E-state index in [1.807, 2.05) is 18.8 Å². The van der Waals surface area contributed by atoms with Crippen molar-refractivity contribution in [3.63, 3.8) is 0 Å². The van der Waals surface area contributed by atoms with Crippen molar-refractivity contribution in [3.8, 4) is 0 Å². The number of guanidine groups is 1. The average Bonchev–Trinajstić information content (AvgIpc) is 3.33. The first-order valence-electron chi connectivity index (χ1n) is 10.7. The van der Waals surface area contributed by atoms with Gasteiger partial charge in [0.05, 0.1) is 11.7 Å². The predicted octanol–water partition coefficient (Wildman–Crippen LogP) is 2.97. The highest BCUT2D eigenvalue weighted by Crippen LogP contribution is 2.24. The van der Waals surface area contributed by atoms with Gasteiger partial charge in [0.25, 0.3) is 0 Å². The van der Waals surface area contributed by atoms with E-state index in [1.54, 1.807) is 0 Å². The minimum absolute atomic E-state index is 0.268. The number of benzene rings is 1. The molecule has 0 bridgehead atoms. The minimum atomic E-state index is 0.268. The third-order valence-electron chi connectivity index (χ3n) is 6.00. The molecule has 2 N–H and O–H groups in total. The summed E-state index contributed by atoms with van der Waals surface area (Å²) in [5, 5.41) is 11.7. The summed E-state index contributed by atoms with van der Waals surface area (Å²) in [6.45, 7) is 9.61. The number of nitrogens with one attached hydrogen (secondary N) is 2. The molecular weight excluding hydrogens is 360 g/mol. The molecule has 1 aliphatic rings. The molecule has 0 spiro atoms. The van der Waals surface area contributed by atoms with E-state index in [-0.39, 0.29) is 6.04 Å². The molecule has 6 nitrogen and oxygen atoms in total. The Bertz CT molecular complexity index is 804. The fourth-order valence-electron chi connectivity index (χ4n) is 4.28. The largest absolute Gasteiger partial charge is 0.354 e. The summed E-state index contributed by atoms with van der Waals surface area (Å²) in [6, 6.07) is 11.5. The van der Waals surface area contributed by atoms with Crippen LogP contribution in [-0.4, -0.2) is 53.4 Å². The van der Waals surface area contributed by atoms with Crippen LogP contribution in [-0.2, 0) is 13.5 Å². The Morgan fingerprint density at radius 3 is 2.45 bits per heavy atom. The number of aromatic nitrogens is 2. The van der Waals surface area contributed by atoms with E-state index in [4.69, 9.17) is 0 Å². The Morgan fingerprint density at radius 2 is 1.86 bits per heavy atom. The van der Waals surface area contributed by atoms with E-state index >= 15 is 0 Å². The number of rotatable bonds is 7. The SMILES string of the molecule is CN=C(NCC(c1ccccc1)N1CCCC1)NC(C)Cc1c(C)nn(C)c1C. The van der Waals surface area contributed by atoms with Crippen LogP contribution in [0.5, 0.6) is 0 Å². The Kier molecular flexibility index (Phi) is 7.31. The van der Waals surface area contributed by atoms with Crippen molar-refractivity contribution in [1.29, 1.82) is 0 Å². The number of aryl methyl sites for hydroxylation is 2. The van der Waals surface area contributed by atoms with Gasteiger partial charge in [0.15, 0.2) is 5.96 Å². The van der Waals surface area contributed by atoms with Crippen LogP contribution in [0.2, 0.25) is 0 Å². The third kappa shape index (κ3) is 5.38. The highest BCUT2D eigenvalue weighted by atomic mass is 15.3. The highest BCUT2D eigenvalue weighted by Gasteiger charge is 2.23. The van der Waals surface area contributed by atoms with E-state index in [1.165, 1.54) is 42.8 Å². The van der Waals surface area contributed by atoms with Crippen LogP contribution >= 0.6 is 0 Å². The van der Waals surface area contributed by atoms with Crippen LogP contribution in [0.3, 0.4) is 0 Å². The lowest BCUT2D eigenvalue weighted by Gasteiger charge is -2.29. The molecule has 1 fully saturated rings. The van der Waals surface area contributed by atoms with E-state index < -0.39 is 0 Å². The Hall–Kier alpha value is -2.34. The number of likely N-dealkylation sites (tertiary alicyclic amines) is 1. The predicted molar refractivity (Wildman–Crippen MR) is 120 cm³/mol. The Labute approximate surface area is 175 Å². The topological polar surface area (TPSA) is 57.5 Å². The second-order valence-electron chi connectivity index (χ2n) is 8.15. The lowest BCUT2D eigenvalue weighted by molar-refractivity contribution is 0.245. The second-order valence-corrected chi connectivity index (χ2v) is 8.15. The molecule has 1 saturated heterocycles. The number of hydrogen-bond acceptors (Lipinski definition) is 3. The van der Waals surface area contributed by atoms with Crippen LogP contribution in [0.15, 0.2) is 35.3 Å². The molecule has 1 aliphatic heterocycles. The fraction of sp³-hybridized carbons (Fsp3) is 0.565. The molecule has 0 aliphatic carbocycles. The molecule has 0 amide bonds. The van der Waals surface area contributed by atoms with Crippen molar-refractivity contribution in [2.24, 2.45) is 12.0 Å². The van der Waals surface area contributed by atoms with Gasteiger partial charge in [0, 0.05) is 32.4 Å². The van der Waals surface area contributed by atoms with Crippen LogP contribution < -0.4 is 10.6 Å². The van der Waals surface area contributed by atoms with Crippen LogP contribution in [0, 0.1) is 13.8 Å². The molecule has 2 heterocycles. The molecule has 0 radical (unpaired) electrons. The van der Waals surface area contributed by atoms with Gasteiger partial charge < -0.3 is 10.6 Å². The van der Waals surface area contributed by atoms with Gasteiger partial charge in [-0.05, 0) is 64.3 Å². The summed E-state index contributed by atoms with van der Waals surface area (Å²) < 4.78 is 1.96. The molecule has 1 aromatic heterocycles. The van der Waals surface area contributed by atoms with Crippen molar-refractivity contribution >= 4 is 5.96 Å². The summed E-state index contributed by atoms with van der Waals surface area (Å²) >= 11 is 0. The summed E-state index contributed by atoms with van der Waals surface area (Å²) in [5.74, 6) is 0.858. The second kappa shape index (κ2) is 9.92. The van der Waals surface area contributed by atoms with Crippen molar-refractivity contribution in [2.45, 2.75) is 52.1 Å². The van der Waals surface area contributed by atoms with Crippen molar-refractivity contribution in [3.05, 3.63) is 52.8 Å². The molecule has 2 aromatic rings. The highest BCUT2D eigenvalue weighted by molar-refractivity contribution is 5.80. The first-order valence-corrected chi connectivity index (χ1v) is 10.7. The van der Waals surface area contributed by atoms with Gasteiger partial charge in [-0.2, -0.15) is 5.10 Å². The van der Waals surface area contributed by atoms with Gasteiger partial charge in [0.2, 0.25) is 0 Å². The standard InChI is InChI=1S/C23H36N6/c1-17(15-21-18(2)27-28(5)19(21)3)26-23(24-4)25-16-22(29-13-9-10-14-29)20-11-7-6-8-12-20/h6-8,11-12,17,22H,9-10,13-16H2,1-5H3,(H2,24,25,26). The molecule has 2 unspecified atom stereocenters. The molecular formula is C23H36N6. The number of hydrogen-bond donors (Lipinski definition) is 2. The maximum Gasteiger partial charge on any atom is 0.191 e. The lowest BCUT2D eigenvalue weighted by atomic mass is 10.1. The third-order valence-corrected chi connectivity index (χ3v) is 6.00.